The van der Waals surface area contributed by atoms with Crippen LogP contribution < -0.4 is 0 Å². The summed E-state index contributed by atoms with van der Waals surface area (Å²) in [4.78, 5) is 34.4. The molecule has 0 bridgehead atoms. The van der Waals surface area contributed by atoms with E-state index in [-0.39, 0.29) is 5.91 Å². The van der Waals surface area contributed by atoms with Gasteiger partial charge in [0.15, 0.2) is 6.23 Å². The van der Waals surface area contributed by atoms with E-state index in [1.165, 1.54) is 12.0 Å². The van der Waals surface area contributed by atoms with E-state index in [9.17, 15) is 14.4 Å². The molecule has 1 aliphatic heterocycles. The Balaban J connectivity index is 2.51. The van der Waals surface area contributed by atoms with Gasteiger partial charge in [-0.25, -0.2) is 9.59 Å². The summed E-state index contributed by atoms with van der Waals surface area (Å²) in [6, 6.07) is 0. The molecule has 0 aliphatic carbocycles. The van der Waals surface area contributed by atoms with Crippen molar-refractivity contribution in [3.05, 3.63) is 12.2 Å². The monoisotopic (exact) mass is 257 g/mol. The maximum Gasteiger partial charge on any atom is 0.332 e. The summed E-state index contributed by atoms with van der Waals surface area (Å²) in [5.41, 5.74) is 0. The third-order valence-corrected chi connectivity index (χ3v) is 2.42. The van der Waals surface area contributed by atoms with Gasteiger partial charge in [-0.2, -0.15) is 0 Å². The van der Waals surface area contributed by atoms with Crippen LogP contribution >= 0.6 is 0 Å². The SMILES string of the molecule is COCCN1C(=O)CCC1OC(=O)/C=C/C(=O)O. The number of carbonyl (C=O) groups is 3. The number of methoxy groups -OCH3 is 1. The van der Waals surface area contributed by atoms with Crippen LogP contribution in [-0.4, -0.2) is 54.3 Å². The van der Waals surface area contributed by atoms with Gasteiger partial charge in [0.25, 0.3) is 0 Å². The summed E-state index contributed by atoms with van der Waals surface area (Å²) in [6.07, 6.45) is 1.59. The maximum absolute atomic E-state index is 11.5. The lowest BCUT2D eigenvalue weighted by molar-refractivity contribution is -0.155. The third-order valence-electron chi connectivity index (χ3n) is 2.42. The zero-order valence-corrected chi connectivity index (χ0v) is 10.00. The molecule has 1 unspecified atom stereocenters. The van der Waals surface area contributed by atoms with Gasteiger partial charge in [-0.3, -0.25) is 4.79 Å². The van der Waals surface area contributed by atoms with Crippen LogP contribution in [0.2, 0.25) is 0 Å². The number of nitrogens with zero attached hydrogens (tertiary/aromatic N) is 1. The molecule has 1 N–H and O–H groups in total. The first-order chi connectivity index (χ1) is 8.54. The zero-order valence-electron chi connectivity index (χ0n) is 10.00. The molecule has 1 saturated heterocycles. The van der Waals surface area contributed by atoms with Gasteiger partial charge in [-0.05, 0) is 0 Å². The fraction of sp³-hybridized carbons (Fsp3) is 0.545. The number of aliphatic carboxylic acids is 1. The molecule has 1 heterocycles. The number of rotatable bonds is 6. The van der Waals surface area contributed by atoms with Gasteiger partial charge in [-0.15, -0.1) is 0 Å². The molecular formula is C11H15NO6. The number of esters is 1. The first kappa shape index (κ1) is 14.2. The Morgan fingerprint density at radius 1 is 1.50 bits per heavy atom. The van der Waals surface area contributed by atoms with Crippen molar-refractivity contribution in [2.75, 3.05) is 20.3 Å². The van der Waals surface area contributed by atoms with Crippen LogP contribution in [0.4, 0.5) is 0 Å². The van der Waals surface area contributed by atoms with Crippen molar-refractivity contribution in [2.24, 2.45) is 0 Å². The number of amides is 1. The predicted molar refractivity (Wildman–Crippen MR) is 59.5 cm³/mol. The molecule has 1 rings (SSSR count). The van der Waals surface area contributed by atoms with E-state index in [0.29, 0.717) is 32.1 Å². The summed E-state index contributed by atoms with van der Waals surface area (Å²) >= 11 is 0. The summed E-state index contributed by atoms with van der Waals surface area (Å²) in [6.45, 7) is 0.695. The van der Waals surface area contributed by atoms with Crippen molar-refractivity contribution in [3.8, 4) is 0 Å². The minimum Gasteiger partial charge on any atom is -0.478 e. The molecule has 7 heteroatoms. The van der Waals surface area contributed by atoms with Gasteiger partial charge in [0.05, 0.1) is 6.61 Å². The molecule has 0 aromatic rings. The lowest BCUT2D eigenvalue weighted by Crippen LogP contribution is -2.38. The quantitative estimate of drug-likeness (QED) is 0.521. The molecule has 1 amide bonds. The molecule has 0 aromatic heterocycles. The van der Waals surface area contributed by atoms with E-state index in [0.717, 1.165) is 6.08 Å². The Labute approximate surface area is 104 Å². The third kappa shape index (κ3) is 4.17. The maximum atomic E-state index is 11.5. The van der Waals surface area contributed by atoms with Crippen LogP contribution in [0.5, 0.6) is 0 Å². The van der Waals surface area contributed by atoms with Gasteiger partial charge in [0.1, 0.15) is 0 Å². The van der Waals surface area contributed by atoms with Crippen molar-refractivity contribution >= 4 is 17.8 Å². The average molecular weight is 257 g/mol. The standard InChI is InChI=1S/C11H15NO6/c1-17-7-6-12-8(13)2-3-9(12)18-11(16)5-4-10(14)15/h4-5,9H,2-3,6-7H2,1H3,(H,14,15)/b5-4+. The summed E-state index contributed by atoms with van der Waals surface area (Å²) in [5, 5.41) is 8.36. The first-order valence-corrected chi connectivity index (χ1v) is 5.44. The second-order valence-corrected chi connectivity index (χ2v) is 3.68. The number of carbonyl (C=O) groups excluding carboxylic acids is 2. The smallest absolute Gasteiger partial charge is 0.332 e. The van der Waals surface area contributed by atoms with E-state index in [4.69, 9.17) is 14.6 Å². The fourth-order valence-electron chi connectivity index (χ4n) is 1.60. The van der Waals surface area contributed by atoms with Gasteiger partial charge in [0, 0.05) is 38.6 Å². The first-order valence-electron chi connectivity index (χ1n) is 5.44. The number of ether oxygens (including phenoxy) is 2. The normalized spacial score (nSPS) is 19.5. The lowest BCUT2D eigenvalue weighted by Gasteiger charge is -2.23. The minimum atomic E-state index is -1.23. The van der Waals surface area contributed by atoms with Crippen LogP contribution in [0.25, 0.3) is 0 Å². The fourth-order valence-corrected chi connectivity index (χ4v) is 1.60. The Bertz CT molecular complexity index is 365. The molecule has 1 atom stereocenters. The van der Waals surface area contributed by atoms with Crippen LogP contribution in [0.3, 0.4) is 0 Å². The molecule has 18 heavy (non-hydrogen) atoms. The summed E-state index contributed by atoms with van der Waals surface area (Å²) < 4.78 is 9.86. The summed E-state index contributed by atoms with van der Waals surface area (Å²) in [5.74, 6) is -2.11. The van der Waals surface area contributed by atoms with Crippen molar-refractivity contribution < 1.29 is 29.0 Å². The number of carboxylic acids is 1. The van der Waals surface area contributed by atoms with Crippen molar-refractivity contribution in [1.82, 2.24) is 4.90 Å². The highest BCUT2D eigenvalue weighted by molar-refractivity contribution is 5.91. The van der Waals surface area contributed by atoms with Gasteiger partial charge in [0.2, 0.25) is 5.91 Å². The molecule has 1 fully saturated rings. The van der Waals surface area contributed by atoms with Gasteiger partial charge >= 0.3 is 11.9 Å². The van der Waals surface area contributed by atoms with E-state index in [2.05, 4.69) is 0 Å². The topological polar surface area (TPSA) is 93.1 Å². The molecule has 1 aliphatic rings. The predicted octanol–water partition coefficient (Wildman–Crippen LogP) is -0.235. The van der Waals surface area contributed by atoms with Crippen molar-refractivity contribution in [3.63, 3.8) is 0 Å². The second-order valence-electron chi connectivity index (χ2n) is 3.68. The number of hydrogen-bond donors (Lipinski definition) is 1. The van der Waals surface area contributed by atoms with Gasteiger partial charge < -0.3 is 19.5 Å². The highest BCUT2D eigenvalue weighted by Gasteiger charge is 2.32. The second kappa shape index (κ2) is 6.75. The Hall–Kier alpha value is -1.89. The number of likely N-dealkylation sites (tertiary alicyclic amines) is 1. The highest BCUT2D eigenvalue weighted by Crippen LogP contribution is 2.19. The number of carboxylic acid groups (broad SMARTS) is 1. The van der Waals surface area contributed by atoms with Crippen LogP contribution in [0.15, 0.2) is 12.2 Å². The van der Waals surface area contributed by atoms with Crippen LogP contribution in [0.1, 0.15) is 12.8 Å². The molecule has 0 aromatic carbocycles. The molecule has 100 valence electrons. The molecule has 0 radical (unpaired) electrons. The molecule has 0 spiro atoms. The highest BCUT2D eigenvalue weighted by atomic mass is 16.6. The lowest BCUT2D eigenvalue weighted by atomic mass is 10.3. The largest absolute Gasteiger partial charge is 0.478 e. The summed E-state index contributed by atoms with van der Waals surface area (Å²) in [7, 11) is 1.51. The van der Waals surface area contributed by atoms with E-state index >= 15 is 0 Å². The molecular weight excluding hydrogens is 242 g/mol. The molecule has 0 saturated carbocycles. The van der Waals surface area contributed by atoms with E-state index < -0.39 is 18.2 Å². The van der Waals surface area contributed by atoms with Crippen LogP contribution in [-0.2, 0) is 23.9 Å². The minimum absolute atomic E-state index is 0.105. The van der Waals surface area contributed by atoms with Crippen molar-refractivity contribution in [2.45, 2.75) is 19.1 Å². The zero-order chi connectivity index (χ0) is 13.5. The molecule has 7 nitrogen and oxygen atoms in total. The Morgan fingerprint density at radius 2 is 2.22 bits per heavy atom. The Kier molecular flexibility index (Phi) is 5.31. The van der Waals surface area contributed by atoms with E-state index in [1.54, 1.807) is 0 Å². The van der Waals surface area contributed by atoms with Crippen molar-refractivity contribution in [1.29, 1.82) is 0 Å². The Morgan fingerprint density at radius 3 is 2.83 bits per heavy atom. The number of hydrogen-bond acceptors (Lipinski definition) is 5. The van der Waals surface area contributed by atoms with Crippen LogP contribution in [0, 0.1) is 0 Å². The van der Waals surface area contributed by atoms with Gasteiger partial charge in [-0.1, -0.05) is 0 Å². The van der Waals surface area contributed by atoms with E-state index in [1.807, 2.05) is 0 Å². The average Bonchev–Trinajstić information content (AvgIpc) is 2.65.